The maximum Gasteiger partial charge on any atom is 0.257 e. The lowest BCUT2D eigenvalue weighted by atomic mass is 10.0. The van der Waals surface area contributed by atoms with Crippen molar-refractivity contribution in [1.29, 1.82) is 0 Å². The topological polar surface area (TPSA) is 26.0 Å². The summed E-state index contributed by atoms with van der Waals surface area (Å²) >= 11 is 0. The molecule has 0 aromatic heterocycles. The van der Waals surface area contributed by atoms with Crippen LogP contribution in [0.4, 0.5) is 8.78 Å². The molecule has 19 heavy (non-hydrogen) atoms. The fourth-order valence-corrected chi connectivity index (χ4v) is 2.52. The minimum Gasteiger partial charge on any atom is -0.319 e. The molecule has 0 saturated heterocycles. The molecule has 1 aliphatic carbocycles. The summed E-state index contributed by atoms with van der Waals surface area (Å²) in [5, 5.41) is 0. The van der Waals surface area contributed by atoms with E-state index in [0.717, 1.165) is 17.5 Å². The largest absolute Gasteiger partial charge is 0.319 e. The van der Waals surface area contributed by atoms with E-state index >= 15 is 0 Å². The van der Waals surface area contributed by atoms with Crippen molar-refractivity contribution < 1.29 is 8.78 Å². The molecule has 0 aliphatic heterocycles. The monoisotopic (exact) mass is 281 g/mol. The molecule has 1 aliphatic rings. The van der Waals surface area contributed by atoms with Crippen LogP contribution in [0.5, 0.6) is 0 Å². The van der Waals surface area contributed by atoms with E-state index < -0.39 is 12.5 Å². The summed E-state index contributed by atoms with van der Waals surface area (Å²) in [7, 11) is 0. The molecule has 0 amide bonds. The second-order valence-electron chi connectivity index (χ2n) is 4.61. The molecule has 0 heterocycles. The quantitative estimate of drug-likeness (QED) is 0.756. The summed E-state index contributed by atoms with van der Waals surface area (Å²) in [6.07, 6.45) is -1.72. The highest BCUT2D eigenvalue weighted by molar-refractivity contribution is 5.85. The van der Waals surface area contributed by atoms with E-state index in [9.17, 15) is 8.78 Å². The number of nitrogens with two attached hydrogens (primary N) is 1. The molecule has 0 radical (unpaired) electrons. The number of benzene rings is 2. The summed E-state index contributed by atoms with van der Waals surface area (Å²) in [4.78, 5) is 0. The first-order chi connectivity index (χ1) is 8.66. The number of halogens is 3. The van der Waals surface area contributed by atoms with Gasteiger partial charge in [-0.05, 0) is 34.2 Å². The van der Waals surface area contributed by atoms with E-state index in [4.69, 9.17) is 5.73 Å². The molecule has 0 unspecified atom stereocenters. The van der Waals surface area contributed by atoms with Gasteiger partial charge in [-0.1, -0.05) is 42.5 Å². The third-order valence-electron chi connectivity index (χ3n) is 3.47. The number of fused-ring (bicyclic) bond motifs is 3. The zero-order valence-electron chi connectivity index (χ0n) is 10.1. The lowest BCUT2D eigenvalue weighted by Gasteiger charge is -2.12. The van der Waals surface area contributed by atoms with Crippen molar-refractivity contribution in [3.8, 4) is 11.1 Å². The van der Waals surface area contributed by atoms with Crippen molar-refractivity contribution in [1.82, 2.24) is 0 Å². The Kier molecular flexibility index (Phi) is 3.88. The van der Waals surface area contributed by atoms with Crippen molar-refractivity contribution in [2.24, 2.45) is 5.73 Å². The zero-order valence-corrected chi connectivity index (χ0v) is 11.0. The predicted octanol–water partition coefficient (Wildman–Crippen LogP) is 3.94. The van der Waals surface area contributed by atoms with Gasteiger partial charge in [0.1, 0.15) is 0 Å². The first-order valence-corrected chi connectivity index (χ1v) is 5.91. The zero-order chi connectivity index (χ0) is 12.7. The van der Waals surface area contributed by atoms with Crippen LogP contribution in [0.3, 0.4) is 0 Å². The predicted molar refractivity (Wildman–Crippen MR) is 74.9 cm³/mol. The maximum absolute atomic E-state index is 12.6. The molecule has 2 N–H and O–H groups in total. The SMILES string of the molecule is Cl.N[C@H](c1ccc2c(c1)Cc1ccccc1-2)C(F)F. The Morgan fingerprint density at radius 2 is 1.63 bits per heavy atom. The normalized spacial score (nSPS) is 13.7. The van der Waals surface area contributed by atoms with Gasteiger partial charge in [-0.2, -0.15) is 0 Å². The summed E-state index contributed by atoms with van der Waals surface area (Å²) in [6, 6.07) is 12.3. The van der Waals surface area contributed by atoms with Gasteiger partial charge < -0.3 is 5.73 Å². The number of hydrogen-bond donors (Lipinski definition) is 1. The van der Waals surface area contributed by atoms with Crippen molar-refractivity contribution in [3.05, 3.63) is 59.2 Å². The van der Waals surface area contributed by atoms with Crippen LogP contribution >= 0.6 is 12.4 Å². The second-order valence-corrected chi connectivity index (χ2v) is 4.61. The molecule has 0 fully saturated rings. The van der Waals surface area contributed by atoms with Crippen LogP contribution in [-0.2, 0) is 6.42 Å². The molecule has 3 rings (SSSR count). The second kappa shape index (κ2) is 5.27. The van der Waals surface area contributed by atoms with Gasteiger partial charge in [0.05, 0.1) is 6.04 Å². The van der Waals surface area contributed by atoms with Crippen LogP contribution in [0.25, 0.3) is 11.1 Å². The third-order valence-corrected chi connectivity index (χ3v) is 3.47. The minimum atomic E-state index is -2.52. The Labute approximate surface area is 116 Å². The van der Waals surface area contributed by atoms with Crippen molar-refractivity contribution in [2.45, 2.75) is 18.9 Å². The van der Waals surface area contributed by atoms with Crippen molar-refractivity contribution in [3.63, 3.8) is 0 Å². The molecule has 0 saturated carbocycles. The molecule has 100 valence electrons. The van der Waals surface area contributed by atoms with E-state index in [1.54, 1.807) is 6.07 Å². The highest BCUT2D eigenvalue weighted by Crippen LogP contribution is 2.37. The van der Waals surface area contributed by atoms with E-state index in [-0.39, 0.29) is 12.4 Å². The van der Waals surface area contributed by atoms with E-state index in [2.05, 4.69) is 12.1 Å². The Bertz CT molecular complexity index is 598. The van der Waals surface area contributed by atoms with Crippen molar-refractivity contribution >= 4 is 12.4 Å². The van der Waals surface area contributed by atoms with Crippen LogP contribution in [0.2, 0.25) is 0 Å². The van der Waals surface area contributed by atoms with Crippen LogP contribution in [0, 0.1) is 0 Å². The van der Waals surface area contributed by atoms with E-state index in [1.807, 2.05) is 24.3 Å². The maximum atomic E-state index is 12.6. The van der Waals surface area contributed by atoms with Gasteiger partial charge in [0.15, 0.2) is 0 Å². The van der Waals surface area contributed by atoms with Crippen LogP contribution in [0.1, 0.15) is 22.7 Å². The summed E-state index contributed by atoms with van der Waals surface area (Å²) in [5.41, 5.74) is 10.7. The van der Waals surface area contributed by atoms with Gasteiger partial charge in [0, 0.05) is 0 Å². The summed E-state index contributed by atoms with van der Waals surface area (Å²) in [5.74, 6) is 0. The summed E-state index contributed by atoms with van der Waals surface area (Å²) < 4.78 is 25.2. The third kappa shape index (κ3) is 2.36. The Balaban J connectivity index is 0.00000133. The van der Waals surface area contributed by atoms with Gasteiger partial charge in [-0.25, -0.2) is 8.78 Å². The van der Waals surface area contributed by atoms with Crippen LogP contribution in [0.15, 0.2) is 42.5 Å². The van der Waals surface area contributed by atoms with Gasteiger partial charge in [-0.3, -0.25) is 0 Å². The molecule has 4 heteroatoms. The average molecular weight is 282 g/mol. The molecule has 1 atom stereocenters. The standard InChI is InChI=1S/C15H13F2N.ClH/c16-15(17)14(18)10-5-6-13-11(8-10)7-9-3-1-2-4-12(9)13;/h1-6,8,14-15H,7,18H2;1H/t14-;/m1./s1. The first-order valence-electron chi connectivity index (χ1n) is 5.91. The summed E-state index contributed by atoms with van der Waals surface area (Å²) in [6.45, 7) is 0. The Hall–Kier alpha value is -1.45. The molecule has 0 spiro atoms. The lowest BCUT2D eigenvalue weighted by Crippen LogP contribution is -2.18. The van der Waals surface area contributed by atoms with Crippen LogP contribution < -0.4 is 5.73 Å². The van der Waals surface area contributed by atoms with E-state index in [0.29, 0.717) is 5.56 Å². The number of alkyl halides is 2. The molecule has 2 aromatic carbocycles. The Morgan fingerprint density at radius 1 is 0.947 bits per heavy atom. The molecule has 1 nitrogen and oxygen atoms in total. The van der Waals surface area contributed by atoms with E-state index in [1.165, 1.54) is 11.1 Å². The lowest BCUT2D eigenvalue weighted by molar-refractivity contribution is 0.116. The van der Waals surface area contributed by atoms with Crippen LogP contribution in [-0.4, -0.2) is 6.43 Å². The number of rotatable bonds is 2. The number of hydrogen-bond acceptors (Lipinski definition) is 1. The van der Waals surface area contributed by atoms with Gasteiger partial charge >= 0.3 is 0 Å². The highest BCUT2D eigenvalue weighted by Gasteiger charge is 2.22. The smallest absolute Gasteiger partial charge is 0.257 e. The fourth-order valence-electron chi connectivity index (χ4n) is 2.52. The van der Waals surface area contributed by atoms with Crippen molar-refractivity contribution in [2.75, 3.05) is 0 Å². The highest BCUT2D eigenvalue weighted by atomic mass is 35.5. The Morgan fingerprint density at radius 3 is 2.37 bits per heavy atom. The van der Waals surface area contributed by atoms with Gasteiger partial charge in [-0.15, -0.1) is 12.4 Å². The molecular formula is C15H14ClF2N. The van der Waals surface area contributed by atoms with Gasteiger partial charge in [0.25, 0.3) is 6.43 Å². The van der Waals surface area contributed by atoms with Gasteiger partial charge in [0.2, 0.25) is 0 Å². The average Bonchev–Trinajstić information content (AvgIpc) is 2.75. The molecular weight excluding hydrogens is 268 g/mol. The molecule has 2 aromatic rings. The first kappa shape index (κ1) is 14.0. The minimum absolute atomic E-state index is 0. The molecule has 0 bridgehead atoms. The fraction of sp³-hybridized carbons (Fsp3) is 0.200.